The number of hydrogen-bond acceptors (Lipinski definition) is 1. The quantitative estimate of drug-likeness (QED) is 0.541. The van der Waals surface area contributed by atoms with Crippen molar-refractivity contribution in [2.24, 2.45) is 0 Å². The fraction of sp³-hybridized carbons (Fsp3) is 1.00. The van der Waals surface area contributed by atoms with E-state index in [1.807, 2.05) is 0 Å². The van der Waals surface area contributed by atoms with Crippen LogP contribution >= 0.6 is 44.5 Å². The molecule has 44 valence electrons. The summed E-state index contributed by atoms with van der Waals surface area (Å²) in [6.07, 6.45) is 0. The van der Waals surface area contributed by atoms with E-state index in [0.29, 0.717) is 0 Å². The second-order valence-corrected chi connectivity index (χ2v) is 4.54. The first kappa shape index (κ1) is 8.17. The Kier molecular flexibility index (Phi) is 3.08. The summed E-state index contributed by atoms with van der Waals surface area (Å²) < 4.78 is 22.2. The van der Waals surface area contributed by atoms with Gasteiger partial charge >= 0.3 is 5.25 Å². The van der Waals surface area contributed by atoms with Gasteiger partial charge in [-0.05, 0) is 0 Å². The molecule has 0 saturated carbocycles. The topological polar surface area (TPSA) is 0 Å². The second-order valence-electron chi connectivity index (χ2n) is 0.888. The summed E-state index contributed by atoms with van der Waals surface area (Å²) in [5, 5.41) is -2.97. The highest BCUT2D eigenvalue weighted by molar-refractivity contribution is 9.24. The molecular weight excluding hydrogens is 254 g/mol. The van der Waals surface area contributed by atoms with Crippen LogP contribution in [0.4, 0.5) is 8.78 Å². The molecule has 0 aromatic rings. The number of halogens is 4. The zero-order chi connectivity index (χ0) is 6.08. The highest BCUT2D eigenvalue weighted by atomic mass is 79.9. The lowest BCUT2D eigenvalue weighted by Crippen LogP contribution is -2.14. The van der Waals surface area contributed by atoms with Crippen molar-refractivity contribution >= 4 is 44.5 Å². The fourth-order valence-corrected chi connectivity index (χ4v) is 0. The van der Waals surface area contributed by atoms with E-state index in [4.69, 9.17) is 0 Å². The molecule has 0 amide bonds. The SMILES string of the molecule is FC(F)(S)C(Br)Br. The molecule has 0 fully saturated rings. The Morgan fingerprint density at radius 3 is 1.57 bits per heavy atom. The van der Waals surface area contributed by atoms with E-state index in [0.717, 1.165) is 0 Å². The average molecular weight is 256 g/mol. The van der Waals surface area contributed by atoms with Gasteiger partial charge in [0.1, 0.15) is 3.74 Å². The highest BCUT2D eigenvalue weighted by Gasteiger charge is 2.30. The Bertz CT molecular complexity index is 59.2. The Hall–Kier alpha value is 1.17. The van der Waals surface area contributed by atoms with Gasteiger partial charge in [-0.1, -0.05) is 31.9 Å². The Morgan fingerprint density at radius 2 is 1.57 bits per heavy atom. The van der Waals surface area contributed by atoms with Crippen LogP contribution in [-0.2, 0) is 0 Å². The van der Waals surface area contributed by atoms with Crippen LogP contribution in [0.3, 0.4) is 0 Å². The molecule has 0 rings (SSSR count). The third kappa shape index (κ3) is 3.73. The summed E-state index contributed by atoms with van der Waals surface area (Å²) in [6.45, 7) is 0. The first-order valence-corrected chi connectivity index (χ1v) is 3.61. The van der Waals surface area contributed by atoms with E-state index in [9.17, 15) is 8.78 Å². The molecule has 5 heteroatoms. The van der Waals surface area contributed by atoms with E-state index in [-0.39, 0.29) is 0 Å². The number of rotatable bonds is 1. The van der Waals surface area contributed by atoms with E-state index in [1.165, 1.54) is 0 Å². The molecule has 0 radical (unpaired) electrons. The molecule has 0 nitrogen and oxygen atoms in total. The number of hydrogen-bond donors (Lipinski definition) is 1. The van der Waals surface area contributed by atoms with Crippen LogP contribution in [0, 0.1) is 0 Å². The Balaban J connectivity index is 3.54. The summed E-state index contributed by atoms with van der Waals surface area (Å²) in [6, 6.07) is 0. The smallest absolute Gasteiger partial charge is 0.192 e. The van der Waals surface area contributed by atoms with Gasteiger partial charge in [-0.3, -0.25) is 0 Å². The van der Waals surface area contributed by atoms with Crippen molar-refractivity contribution in [2.75, 3.05) is 0 Å². The summed E-state index contributed by atoms with van der Waals surface area (Å²) >= 11 is 8.09. The van der Waals surface area contributed by atoms with Crippen molar-refractivity contribution in [1.82, 2.24) is 0 Å². The zero-order valence-electron chi connectivity index (χ0n) is 3.04. The van der Waals surface area contributed by atoms with Crippen molar-refractivity contribution in [3.8, 4) is 0 Å². The van der Waals surface area contributed by atoms with Crippen LogP contribution in [0.1, 0.15) is 0 Å². The maximum Gasteiger partial charge on any atom is 0.313 e. The van der Waals surface area contributed by atoms with Gasteiger partial charge in [0.05, 0.1) is 0 Å². The van der Waals surface area contributed by atoms with Gasteiger partial charge in [0.2, 0.25) is 0 Å². The molecule has 0 bridgehead atoms. The first-order chi connectivity index (χ1) is 2.94. The molecule has 0 aliphatic rings. The lowest BCUT2D eigenvalue weighted by atomic mass is 10.8. The van der Waals surface area contributed by atoms with Crippen LogP contribution in [-0.4, -0.2) is 8.99 Å². The third-order valence-corrected chi connectivity index (χ3v) is 2.38. The molecule has 0 spiro atoms. The van der Waals surface area contributed by atoms with Crippen LogP contribution in [0.25, 0.3) is 0 Å². The van der Waals surface area contributed by atoms with Crippen molar-refractivity contribution in [3.05, 3.63) is 0 Å². The van der Waals surface area contributed by atoms with Gasteiger partial charge < -0.3 is 0 Å². The molecule has 0 heterocycles. The number of thiol groups is 1. The molecule has 0 atom stereocenters. The van der Waals surface area contributed by atoms with E-state index >= 15 is 0 Å². The van der Waals surface area contributed by atoms with Crippen molar-refractivity contribution in [3.63, 3.8) is 0 Å². The van der Waals surface area contributed by atoms with Gasteiger partial charge in [-0.25, -0.2) is 0 Å². The molecular formula is C2H2Br2F2S. The summed E-state index contributed by atoms with van der Waals surface area (Å²) in [4.78, 5) is 0. The summed E-state index contributed by atoms with van der Waals surface area (Å²) in [5.74, 6) is 0. The molecule has 0 saturated heterocycles. The minimum absolute atomic E-state index is 1.05. The van der Waals surface area contributed by atoms with Gasteiger partial charge in [0, 0.05) is 0 Å². The summed E-state index contributed by atoms with van der Waals surface area (Å²) in [7, 11) is 0. The minimum Gasteiger partial charge on any atom is -0.192 e. The van der Waals surface area contributed by atoms with Crippen LogP contribution < -0.4 is 0 Å². The van der Waals surface area contributed by atoms with Crippen molar-refractivity contribution in [2.45, 2.75) is 8.99 Å². The second kappa shape index (κ2) is 2.64. The molecule has 7 heavy (non-hydrogen) atoms. The highest BCUT2D eigenvalue weighted by Crippen LogP contribution is 2.32. The average Bonchev–Trinajstić information content (AvgIpc) is 1.31. The molecule has 0 N–H and O–H groups in total. The first-order valence-electron chi connectivity index (χ1n) is 1.33. The van der Waals surface area contributed by atoms with Gasteiger partial charge in [0.25, 0.3) is 0 Å². The third-order valence-electron chi connectivity index (χ3n) is 0.263. The molecule has 0 unspecified atom stereocenters. The molecule has 0 aliphatic heterocycles. The van der Waals surface area contributed by atoms with Gasteiger partial charge in [-0.15, -0.1) is 12.6 Å². The van der Waals surface area contributed by atoms with E-state index < -0.39 is 8.99 Å². The van der Waals surface area contributed by atoms with Gasteiger partial charge in [-0.2, -0.15) is 8.78 Å². The monoisotopic (exact) mass is 254 g/mol. The Labute approximate surface area is 62.3 Å². The van der Waals surface area contributed by atoms with Crippen molar-refractivity contribution < 1.29 is 8.78 Å². The normalized spacial score (nSPS) is 12.9. The van der Waals surface area contributed by atoms with Crippen LogP contribution in [0.5, 0.6) is 0 Å². The van der Waals surface area contributed by atoms with Crippen LogP contribution in [0.2, 0.25) is 0 Å². The largest absolute Gasteiger partial charge is 0.313 e. The van der Waals surface area contributed by atoms with E-state index in [2.05, 4.69) is 44.5 Å². The lowest BCUT2D eigenvalue weighted by Gasteiger charge is -2.07. The predicted molar refractivity (Wildman–Crippen MR) is 35.6 cm³/mol. The Morgan fingerprint density at radius 1 is 1.43 bits per heavy atom. The summed E-state index contributed by atoms with van der Waals surface area (Å²) in [5.41, 5.74) is 0. The fourth-order valence-electron chi connectivity index (χ4n) is 0. The van der Waals surface area contributed by atoms with Crippen LogP contribution in [0.15, 0.2) is 0 Å². The standard InChI is InChI=1S/C2H2Br2F2S/c3-1(4)2(5,6)7/h1,7H. The molecule has 0 aromatic carbocycles. The molecule has 0 aromatic heterocycles. The molecule has 0 aliphatic carbocycles. The number of alkyl halides is 4. The zero-order valence-corrected chi connectivity index (χ0v) is 7.10. The lowest BCUT2D eigenvalue weighted by molar-refractivity contribution is 0.132. The maximum absolute atomic E-state index is 11.6. The van der Waals surface area contributed by atoms with Crippen molar-refractivity contribution in [1.29, 1.82) is 0 Å². The van der Waals surface area contributed by atoms with Gasteiger partial charge in [0.15, 0.2) is 0 Å². The predicted octanol–water partition coefficient (Wildman–Crippen LogP) is 2.62. The minimum atomic E-state index is -2.97. The van der Waals surface area contributed by atoms with E-state index in [1.54, 1.807) is 0 Å². The maximum atomic E-state index is 11.6.